The van der Waals surface area contributed by atoms with Gasteiger partial charge in [-0.2, -0.15) is 4.99 Å². The zero-order chi connectivity index (χ0) is 22.3. The van der Waals surface area contributed by atoms with E-state index in [1.54, 1.807) is 24.3 Å². The summed E-state index contributed by atoms with van der Waals surface area (Å²) < 4.78 is 51.5. The minimum atomic E-state index is -4.78. The standard InChI is InChI=1S/C20H19F3N4O4/c21-20(22,23)31-16-7-5-15(6-8-16)26-19(25-11-17-29-9-10-30-17)27-18(24)14-3-1-13(12-28)2-4-14/h1-8,12,17H,9-11H2,(H3,24,25,26,27). The summed E-state index contributed by atoms with van der Waals surface area (Å²) in [6, 6.07) is 11.5. The van der Waals surface area contributed by atoms with Crippen LogP contribution < -0.4 is 15.8 Å². The number of aliphatic imine (C=N–C) groups is 2. The fraction of sp³-hybridized carbons (Fsp3) is 0.250. The maximum Gasteiger partial charge on any atom is 0.573 e. The Morgan fingerprint density at radius 1 is 1.13 bits per heavy atom. The Hall–Kier alpha value is -3.44. The quantitative estimate of drug-likeness (QED) is 0.410. The number of nitrogens with one attached hydrogen (secondary N) is 1. The van der Waals surface area contributed by atoms with Crippen LogP contribution >= 0.6 is 0 Å². The Labute approximate surface area is 175 Å². The predicted octanol–water partition coefficient (Wildman–Crippen LogP) is 2.94. The summed E-state index contributed by atoms with van der Waals surface area (Å²) in [7, 11) is 0. The number of nitrogens with two attached hydrogens (primary N) is 1. The van der Waals surface area contributed by atoms with E-state index in [-0.39, 0.29) is 24.1 Å². The number of aldehydes is 1. The van der Waals surface area contributed by atoms with Gasteiger partial charge in [0.2, 0.25) is 5.96 Å². The van der Waals surface area contributed by atoms with Crippen LogP contribution in [-0.2, 0) is 9.47 Å². The second kappa shape index (κ2) is 10.0. The number of guanidine groups is 1. The number of nitrogens with zero attached hydrogens (tertiary/aromatic N) is 2. The second-order valence-electron chi connectivity index (χ2n) is 6.27. The van der Waals surface area contributed by atoms with Crippen LogP contribution in [-0.4, -0.2) is 50.5 Å². The summed E-state index contributed by atoms with van der Waals surface area (Å²) in [6.07, 6.45) is -4.59. The highest BCUT2D eigenvalue weighted by Gasteiger charge is 2.31. The lowest BCUT2D eigenvalue weighted by molar-refractivity contribution is -0.274. The van der Waals surface area contributed by atoms with E-state index in [0.29, 0.717) is 36.3 Å². The van der Waals surface area contributed by atoms with E-state index in [1.165, 1.54) is 12.1 Å². The van der Waals surface area contributed by atoms with Crippen molar-refractivity contribution >= 4 is 23.8 Å². The van der Waals surface area contributed by atoms with Crippen molar-refractivity contribution in [2.75, 3.05) is 25.1 Å². The average Bonchev–Trinajstić information content (AvgIpc) is 3.26. The van der Waals surface area contributed by atoms with E-state index < -0.39 is 12.7 Å². The first-order valence-electron chi connectivity index (χ1n) is 9.13. The number of anilines is 1. The maximum atomic E-state index is 12.3. The fourth-order valence-corrected chi connectivity index (χ4v) is 2.56. The van der Waals surface area contributed by atoms with Crippen molar-refractivity contribution in [3.8, 4) is 5.75 Å². The van der Waals surface area contributed by atoms with Crippen LogP contribution in [0.3, 0.4) is 0 Å². The van der Waals surface area contributed by atoms with Gasteiger partial charge < -0.3 is 25.3 Å². The molecule has 0 aromatic heterocycles. The van der Waals surface area contributed by atoms with Crippen LogP contribution in [0.15, 0.2) is 58.5 Å². The molecule has 31 heavy (non-hydrogen) atoms. The lowest BCUT2D eigenvalue weighted by Crippen LogP contribution is -2.21. The highest BCUT2D eigenvalue weighted by atomic mass is 19.4. The Morgan fingerprint density at radius 3 is 2.35 bits per heavy atom. The van der Waals surface area contributed by atoms with Crippen LogP contribution in [0.2, 0.25) is 0 Å². The summed E-state index contributed by atoms with van der Waals surface area (Å²) in [6.45, 7) is 1.05. The summed E-state index contributed by atoms with van der Waals surface area (Å²) in [5.74, 6) is -0.142. The smallest absolute Gasteiger partial charge is 0.406 e. The minimum Gasteiger partial charge on any atom is -0.406 e. The number of amidine groups is 1. The van der Waals surface area contributed by atoms with Gasteiger partial charge >= 0.3 is 6.36 Å². The molecule has 1 aliphatic heterocycles. The molecule has 1 heterocycles. The Balaban J connectivity index is 1.78. The highest BCUT2D eigenvalue weighted by molar-refractivity contribution is 6.08. The molecule has 1 aliphatic rings. The molecule has 11 heteroatoms. The van der Waals surface area contributed by atoms with E-state index in [4.69, 9.17) is 15.2 Å². The summed E-state index contributed by atoms with van der Waals surface area (Å²) in [5, 5.41) is 2.89. The lowest BCUT2D eigenvalue weighted by Gasteiger charge is -2.12. The van der Waals surface area contributed by atoms with Crippen LogP contribution in [0.4, 0.5) is 18.9 Å². The zero-order valence-electron chi connectivity index (χ0n) is 16.1. The maximum absolute atomic E-state index is 12.3. The molecule has 2 aromatic rings. The largest absolute Gasteiger partial charge is 0.573 e. The number of hydrogen-bond donors (Lipinski definition) is 2. The fourth-order valence-electron chi connectivity index (χ4n) is 2.56. The van der Waals surface area contributed by atoms with Crippen molar-refractivity contribution in [3.63, 3.8) is 0 Å². The Morgan fingerprint density at radius 2 is 1.77 bits per heavy atom. The molecule has 3 rings (SSSR count). The van der Waals surface area contributed by atoms with Crippen LogP contribution in [0, 0.1) is 0 Å². The SMILES string of the molecule is NC(=NC(=NCC1OCCO1)Nc1ccc(OC(F)(F)F)cc1)c1ccc(C=O)cc1. The van der Waals surface area contributed by atoms with Gasteiger partial charge in [0, 0.05) is 16.8 Å². The van der Waals surface area contributed by atoms with Gasteiger partial charge in [0.1, 0.15) is 17.9 Å². The van der Waals surface area contributed by atoms with E-state index in [0.717, 1.165) is 12.1 Å². The first kappa shape index (κ1) is 22.2. The number of halogens is 3. The molecule has 0 saturated carbocycles. The molecule has 1 fully saturated rings. The Kier molecular flexibility index (Phi) is 7.21. The van der Waals surface area contributed by atoms with Gasteiger partial charge in [-0.1, -0.05) is 24.3 Å². The summed E-state index contributed by atoms with van der Waals surface area (Å²) >= 11 is 0. The van der Waals surface area contributed by atoms with Crippen molar-refractivity contribution in [2.45, 2.75) is 12.7 Å². The summed E-state index contributed by atoms with van der Waals surface area (Å²) in [4.78, 5) is 19.4. The first-order chi connectivity index (χ1) is 14.8. The predicted molar refractivity (Wildman–Crippen MR) is 107 cm³/mol. The molecule has 8 nitrogen and oxygen atoms in total. The molecule has 0 atom stereocenters. The van der Waals surface area contributed by atoms with Crippen LogP contribution in [0.25, 0.3) is 0 Å². The van der Waals surface area contributed by atoms with Gasteiger partial charge in [-0.25, -0.2) is 4.99 Å². The normalized spacial score (nSPS) is 15.7. The average molecular weight is 436 g/mol. The van der Waals surface area contributed by atoms with Gasteiger partial charge in [0.05, 0.1) is 19.8 Å². The molecule has 1 saturated heterocycles. The first-order valence-corrected chi connectivity index (χ1v) is 9.13. The molecule has 0 radical (unpaired) electrons. The molecule has 0 unspecified atom stereocenters. The zero-order valence-corrected chi connectivity index (χ0v) is 16.1. The Bertz CT molecular complexity index is 938. The third-order valence-corrected chi connectivity index (χ3v) is 3.99. The van der Waals surface area contributed by atoms with Gasteiger partial charge in [-0.3, -0.25) is 4.79 Å². The van der Waals surface area contributed by atoms with Crippen molar-refractivity contribution in [2.24, 2.45) is 15.7 Å². The van der Waals surface area contributed by atoms with Crippen molar-refractivity contribution in [3.05, 3.63) is 59.7 Å². The third kappa shape index (κ3) is 7.08. The van der Waals surface area contributed by atoms with E-state index in [1.807, 2.05) is 0 Å². The summed E-state index contributed by atoms with van der Waals surface area (Å²) in [5.41, 5.74) is 7.51. The molecule has 0 spiro atoms. The monoisotopic (exact) mass is 436 g/mol. The molecule has 3 N–H and O–H groups in total. The van der Waals surface area contributed by atoms with Gasteiger partial charge in [0.25, 0.3) is 0 Å². The number of ether oxygens (including phenoxy) is 3. The van der Waals surface area contributed by atoms with Crippen molar-refractivity contribution < 1.29 is 32.2 Å². The van der Waals surface area contributed by atoms with E-state index in [9.17, 15) is 18.0 Å². The number of benzene rings is 2. The molecule has 2 aromatic carbocycles. The second-order valence-corrected chi connectivity index (χ2v) is 6.27. The van der Waals surface area contributed by atoms with E-state index in [2.05, 4.69) is 20.0 Å². The number of carbonyl (C=O) groups is 1. The molecule has 164 valence electrons. The number of carbonyl (C=O) groups excluding carboxylic acids is 1. The third-order valence-electron chi connectivity index (χ3n) is 3.99. The minimum absolute atomic E-state index is 0.0977. The molecular formula is C20H19F3N4O4. The molecule has 0 aliphatic carbocycles. The molecular weight excluding hydrogens is 417 g/mol. The van der Waals surface area contributed by atoms with Crippen LogP contribution in [0.5, 0.6) is 5.75 Å². The highest BCUT2D eigenvalue weighted by Crippen LogP contribution is 2.24. The lowest BCUT2D eigenvalue weighted by atomic mass is 10.1. The molecule has 0 bridgehead atoms. The number of alkyl halides is 3. The van der Waals surface area contributed by atoms with Crippen LogP contribution in [0.1, 0.15) is 15.9 Å². The molecule has 0 amide bonds. The van der Waals surface area contributed by atoms with E-state index >= 15 is 0 Å². The van der Waals surface area contributed by atoms with Gasteiger partial charge in [-0.05, 0) is 24.3 Å². The van der Waals surface area contributed by atoms with Crippen molar-refractivity contribution in [1.29, 1.82) is 0 Å². The number of rotatable bonds is 6. The van der Waals surface area contributed by atoms with Gasteiger partial charge in [-0.15, -0.1) is 13.2 Å². The number of hydrogen-bond acceptors (Lipinski definition) is 5. The topological polar surface area (TPSA) is 108 Å². The van der Waals surface area contributed by atoms with Crippen molar-refractivity contribution in [1.82, 2.24) is 0 Å². The van der Waals surface area contributed by atoms with Gasteiger partial charge in [0.15, 0.2) is 6.29 Å².